The maximum Gasteiger partial charge on any atom is 0.223 e. The minimum atomic E-state index is 0.204. The van der Waals surface area contributed by atoms with Crippen LogP contribution in [-0.2, 0) is 6.54 Å². The molecule has 2 heterocycles. The fourth-order valence-corrected chi connectivity index (χ4v) is 1.97. The van der Waals surface area contributed by atoms with Crippen LogP contribution >= 0.6 is 0 Å². The van der Waals surface area contributed by atoms with Gasteiger partial charge in [-0.1, -0.05) is 0 Å². The lowest BCUT2D eigenvalue weighted by Gasteiger charge is -2.22. The monoisotopic (exact) mass is 245 g/mol. The zero-order valence-electron chi connectivity index (χ0n) is 9.91. The zero-order valence-corrected chi connectivity index (χ0v) is 9.91. The summed E-state index contributed by atoms with van der Waals surface area (Å²) in [5, 5.41) is 0. The molecule has 6 nitrogen and oxygen atoms in total. The van der Waals surface area contributed by atoms with E-state index in [1.165, 1.54) is 0 Å². The Kier molecular flexibility index (Phi) is 2.55. The molecule has 1 aliphatic carbocycles. The number of nitrogens with zero attached hydrogens (tertiary/aromatic N) is 3. The van der Waals surface area contributed by atoms with Crippen LogP contribution in [0.3, 0.4) is 0 Å². The van der Waals surface area contributed by atoms with Gasteiger partial charge >= 0.3 is 0 Å². The van der Waals surface area contributed by atoms with E-state index in [1.54, 1.807) is 12.3 Å². The summed E-state index contributed by atoms with van der Waals surface area (Å²) < 4.78 is 5.38. The Morgan fingerprint density at radius 1 is 1.33 bits per heavy atom. The first kappa shape index (κ1) is 10.9. The average Bonchev–Trinajstić information content (AvgIpc) is 3.02. The zero-order chi connectivity index (χ0) is 12.5. The number of furan rings is 1. The molecule has 2 aromatic rings. The summed E-state index contributed by atoms with van der Waals surface area (Å²) in [5.74, 6) is 2.26. The molecule has 3 rings (SSSR count). The molecule has 0 spiro atoms. The Bertz CT molecular complexity index is 515. The van der Waals surface area contributed by atoms with Crippen molar-refractivity contribution in [2.75, 3.05) is 16.4 Å². The number of rotatable bonds is 4. The Balaban J connectivity index is 1.89. The molecule has 1 saturated carbocycles. The second kappa shape index (κ2) is 4.21. The van der Waals surface area contributed by atoms with E-state index >= 15 is 0 Å². The largest absolute Gasteiger partial charge is 0.467 e. The predicted octanol–water partition coefficient (Wildman–Crippen LogP) is 1.40. The van der Waals surface area contributed by atoms with Crippen LogP contribution in [0.25, 0.3) is 0 Å². The molecule has 18 heavy (non-hydrogen) atoms. The highest BCUT2D eigenvalue weighted by Crippen LogP contribution is 2.32. The van der Waals surface area contributed by atoms with Gasteiger partial charge in [0.25, 0.3) is 0 Å². The number of nitrogens with two attached hydrogens (primary N) is 2. The van der Waals surface area contributed by atoms with Crippen LogP contribution < -0.4 is 16.4 Å². The van der Waals surface area contributed by atoms with E-state index in [-0.39, 0.29) is 5.95 Å². The van der Waals surface area contributed by atoms with Gasteiger partial charge in [-0.15, -0.1) is 0 Å². The summed E-state index contributed by atoms with van der Waals surface area (Å²) >= 11 is 0. The smallest absolute Gasteiger partial charge is 0.223 e. The van der Waals surface area contributed by atoms with Crippen molar-refractivity contribution >= 4 is 17.6 Å². The lowest BCUT2D eigenvalue weighted by Crippen LogP contribution is -2.26. The molecule has 4 N–H and O–H groups in total. The van der Waals surface area contributed by atoms with Crippen molar-refractivity contribution in [2.24, 2.45) is 0 Å². The third-order valence-corrected chi connectivity index (χ3v) is 2.94. The molecular formula is C12H15N5O. The van der Waals surface area contributed by atoms with Crippen LogP contribution in [0.2, 0.25) is 0 Å². The molecule has 0 radical (unpaired) electrons. The highest BCUT2D eigenvalue weighted by Gasteiger charge is 2.31. The summed E-state index contributed by atoms with van der Waals surface area (Å²) in [6.07, 6.45) is 3.98. The maximum absolute atomic E-state index is 5.71. The molecule has 0 amide bonds. The van der Waals surface area contributed by atoms with E-state index in [2.05, 4.69) is 14.9 Å². The highest BCUT2D eigenvalue weighted by atomic mass is 16.3. The first-order chi connectivity index (χ1) is 8.72. The molecule has 0 atom stereocenters. The van der Waals surface area contributed by atoms with Gasteiger partial charge in [-0.25, -0.2) is 0 Å². The number of aromatic nitrogens is 2. The third-order valence-electron chi connectivity index (χ3n) is 2.94. The Morgan fingerprint density at radius 3 is 2.78 bits per heavy atom. The van der Waals surface area contributed by atoms with Crippen molar-refractivity contribution in [3.8, 4) is 0 Å². The standard InChI is InChI=1S/C12H15N5O/c13-10-6-11(16-12(14)15-10)17(8-3-4-8)7-9-2-1-5-18-9/h1-2,5-6,8H,3-4,7H2,(H4,13,14,15,16). The second-order valence-corrected chi connectivity index (χ2v) is 4.45. The van der Waals surface area contributed by atoms with E-state index in [1.807, 2.05) is 12.1 Å². The second-order valence-electron chi connectivity index (χ2n) is 4.45. The SMILES string of the molecule is Nc1cc(N(Cc2ccco2)C2CC2)nc(N)n1. The van der Waals surface area contributed by atoms with Crippen molar-refractivity contribution in [3.05, 3.63) is 30.2 Å². The van der Waals surface area contributed by atoms with Gasteiger partial charge in [-0.2, -0.15) is 9.97 Å². The molecule has 6 heteroatoms. The van der Waals surface area contributed by atoms with Crippen molar-refractivity contribution in [3.63, 3.8) is 0 Å². The van der Waals surface area contributed by atoms with Crippen molar-refractivity contribution < 1.29 is 4.42 Å². The molecule has 0 aliphatic heterocycles. The third kappa shape index (κ3) is 2.22. The van der Waals surface area contributed by atoms with E-state index in [0.717, 1.165) is 24.4 Å². The maximum atomic E-state index is 5.71. The number of nitrogen functional groups attached to an aromatic ring is 2. The van der Waals surface area contributed by atoms with Crippen LogP contribution in [0.5, 0.6) is 0 Å². The molecular weight excluding hydrogens is 230 g/mol. The highest BCUT2D eigenvalue weighted by molar-refractivity contribution is 5.51. The predicted molar refractivity (Wildman–Crippen MR) is 68.8 cm³/mol. The quantitative estimate of drug-likeness (QED) is 0.845. The van der Waals surface area contributed by atoms with Gasteiger partial charge in [0.1, 0.15) is 17.4 Å². The van der Waals surface area contributed by atoms with Crippen LogP contribution in [0.1, 0.15) is 18.6 Å². The summed E-state index contributed by atoms with van der Waals surface area (Å²) in [7, 11) is 0. The first-order valence-corrected chi connectivity index (χ1v) is 5.91. The van der Waals surface area contributed by atoms with Gasteiger partial charge in [-0.3, -0.25) is 0 Å². The number of hydrogen-bond acceptors (Lipinski definition) is 6. The van der Waals surface area contributed by atoms with E-state index in [4.69, 9.17) is 15.9 Å². The molecule has 0 unspecified atom stereocenters. The summed E-state index contributed by atoms with van der Waals surface area (Å²) in [4.78, 5) is 10.3. The van der Waals surface area contributed by atoms with Gasteiger partial charge in [0, 0.05) is 12.1 Å². The fourth-order valence-electron chi connectivity index (χ4n) is 1.97. The van der Waals surface area contributed by atoms with Crippen LogP contribution in [0, 0.1) is 0 Å². The Hall–Kier alpha value is -2.24. The normalized spacial score (nSPS) is 14.7. The van der Waals surface area contributed by atoms with Crippen molar-refractivity contribution in [1.82, 2.24) is 9.97 Å². The fraction of sp³-hybridized carbons (Fsp3) is 0.333. The molecule has 0 bridgehead atoms. The molecule has 94 valence electrons. The van der Waals surface area contributed by atoms with Gasteiger partial charge in [-0.05, 0) is 25.0 Å². The van der Waals surface area contributed by atoms with E-state index < -0.39 is 0 Å². The first-order valence-electron chi connectivity index (χ1n) is 5.91. The van der Waals surface area contributed by atoms with Gasteiger partial charge in [0.05, 0.1) is 12.8 Å². The van der Waals surface area contributed by atoms with Gasteiger partial charge in [0.15, 0.2) is 0 Å². The summed E-state index contributed by atoms with van der Waals surface area (Å²) in [6.45, 7) is 0.674. The van der Waals surface area contributed by atoms with Crippen LogP contribution in [0.4, 0.5) is 17.6 Å². The minimum Gasteiger partial charge on any atom is -0.467 e. The molecule has 0 aromatic carbocycles. The lowest BCUT2D eigenvalue weighted by molar-refractivity contribution is 0.500. The summed E-state index contributed by atoms with van der Waals surface area (Å²) in [6, 6.07) is 6.06. The van der Waals surface area contributed by atoms with Crippen LogP contribution in [-0.4, -0.2) is 16.0 Å². The van der Waals surface area contributed by atoms with E-state index in [9.17, 15) is 0 Å². The van der Waals surface area contributed by atoms with Crippen molar-refractivity contribution in [2.45, 2.75) is 25.4 Å². The van der Waals surface area contributed by atoms with Crippen LogP contribution in [0.15, 0.2) is 28.9 Å². The lowest BCUT2D eigenvalue weighted by atomic mass is 10.3. The topological polar surface area (TPSA) is 94.2 Å². The molecule has 0 saturated heterocycles. The van der Waals surface area contributed by atoms with E-state index in [0.29, 0.717) is 18.4 Å². The molecule has 1 aliphatic rings. The van der Waals surface area contributed by atoms with Gasteiger partial charge < -0.3 is 20.8 Å². The number of anilines is 3. The molecule has 1 fully saturated rings. The molecule has 2 aromatic heterocycles. The Labute approximate surface area is 105 Å². The Morgan fingerprint density at radius 2 is 2.17 bits per heavy atom. The average molecular weight is 245 g/mol. The summed E-state index contributed by atoms with van der Waals surface area (Å²) in [5.41, 5.74) is 11.3. The minimum absolute atomic E-state index is 0.204. The number of hydrogen-bond donors (Lipinski definition) is 2. The van der Waals surface area contributed by atoms with Crippen molar-refractivity contribution in [1.29, 1.82) is 0 Å². The van der Waals surface area contributed by atoms with Gasteiger partial charge in [0.2, 0.25) is 5.95 Å².